The minimum Gasteiger partial charge on any atom is -0.306 e. The molecule has 4 heteroatoms. The molecular formula is C14H20N4. The molecule has 0 saturated heterocycles. The summed E-state index contributed by atoms with van der Waals surface area (Å²) in [6, 6.07) is 4.40. The predicted octanol–water partition coefficient (Wildman–Crippen LogP) is 2.54. The summed E-state index contributed by atoms with van der Waals surface area (Å²) in [5, 5.41) is 7.81. The topological polar surface area (TPSA) is 42.7 Å². The van der Waals surface area contributed by atoms with Crippen LogP contribution in [0.5, 0.6) is 0 Å². The van der Waals surface area contributed by atoms with E-state index in [0.717, 1.165) is 19.5 Å². The van der Waals surface area contributed by atoms with E-state index in [1.54, 1.807) is 0 Å². The van der Waals surface area contributed by atoms with E-state index in [-0.39, 0.29) is 0 Å². The van der Waals surface area contributed by atoms with Crippen molar-refractivity contribution in [2.24, 2.45) is 0 Å². The quantitative estimate of drug-likeness (QED) is 0.849. The Morgan fingerprint density at radius 3 is 2.83 bits per heavy atom. The third kappa shape index (κ3) is 3.40. The maximum absolute atomic E-state index is 4.32. The number of pyridine rings is 1. The molecule has 2 aromatic heterocycles. The number of rotatable bonds is 6. The van der Waals surface area contributed by atoms with Crippen LogP contribution in [0.25, 0.3) is 0 Å². The lowest BCUT2D eigenvalue weighted by molar-refractivity contribution is 0.571. The molecule has 0 spiro atoms. The highest BCUT2D eigenvalue weighted by molar-refractivity contribution is 5.14. The molecule has 96 valence electrons. The van der Waals surface area contributed by atoms with Crippen LogP contribution in [0.1, 0.15) is 37.4 Å². The Morgan fingerprint density at radius 2 is 2.11 bits per heavy atom. The molecule has 2 rings (SSSR count). The van der Waals surface area contributed by atoms with E-state index < -0.39 is 0 Å². The summed E-state index contributed by atoms with van der Waals surface area (Å²) in [7, 11) is 0. The van der Waals surface area contributed by atoms with Gasteiger partial charge in [0.05, 0.1) is 6.20 Å². The SMILES string of the molecule is CCCn1cc(CN[C@H](C)c2ccncc2)cn1. The maximum Gasteiger partial charge on any atom is 0.0534 e. The van der Waals surface area contributed by atoms with Crippen LogP contribution in [0.3, 0.4) is 0 Å². The lowest BCUT2D eigenvalue weighted by Gasteiger charge is -2.12. The Kier molecular flexibility index (Phi) is 4.47. The van der Waals surface area contributed by atoms with E-state index in [1.807, 2.05) is 35.4 Å². The summed E-state index contributed by atoms with van der Waals surface area (Å²) < 4.78 is 1.99. The van der Waals surface area contributed by atoms with Crippen molar-refractivity contribution >= 4 is 0 Å². The maximum atomic E-state index is 4.32. The largest absolute Gasteiger partial charge is 0.306 e. The minimum absolute atomic E-state index is 0.322. The first-order valence-corrected chi connectivity index (χ1v) is 6.44. The fraction of sp³-hybridized carbons (Fsp3) is 0.429. The molecule has 2 heterocycles. The van der Waals surface area contributed by atoms with Crippen LogP contribution < -0.4 is 5.32 Å². The zero-order valence-electron chi connectivity index (χ0n) is 11.0. The molecule has 0 fully saturated rings. The second-order valence-corrected chi connectivity index (χ2v) is 4.49. The van der Waals surface area contributed by atoms with Gasteiger partial charge in [-0.25, -0.2) is 0 Å². The summed E-state index contributed by atoms with van der Waals surface area (Å²) in [5.41, 5.74) is 2.48. The van der Waals surface area contributed by atoms with E-state index in [2.05, 4.69) is 35.4 Å². The summed E-state index contributed by atoms with van der Waals surface area (Å²) in [5.74, 6) is 0. The van der Waals surface area contributed by atoms with E-state index in [1.165, 1.54) is 11.1 Å². The van der Waals surface area contributed by atoms with Crippen LogP contribution in [0, 0.1) is 0 Å². The van der Waals surface area contributed by atoms with Gasteiger partial charge in [0.25, 0.3) is 0 Å². The van der Waals surface area contributed by atoms with Crippen LogP contribution in [-0.4, -0.2) is 14.8 Å². The molecule has 0 saturated carbocycles. The number of hydrogen-bond donors (Lipinski definition) is 1. The minimum atomic E-state index is 0.322. The van der Waals surface area contributed by atoms with E-state index >= 15 is 0 Å². The van der Waals surface area contributed by atoms with Crippen LogP contribution in [0.2, 0.25) is 0 Å². The number of hydrogen-bond acceptors (Lipinski definition) is 3. The Hall–Kier alpha value is -1.68. The molecule has 0 aliphatic carbocycles. The second-order valence-electron chi connectivity index (χ2n) is 4.49. The highest BCUT2D eigenvalue weighted by Crippen LogP contribution is 2.11. The van der Waals surface area contributed by atoms with Gasteiger partial charge in [0.1, 0.15) is 0 Å². The van der Waals surface area contributed by atoms with Crippen LogP contribution in [0.15, 0.2) is 36.9 Å². The molecule has 2 aromatic rings. The van der Waals surface area contributed by atoms with Crippen molar-refractivity contribution < 1.29 is 0 Å². The molecule has 0 aliphatic rings. The average molecular weight is 244 g/mol. The molecule has 0 bridgehead atoms. The molecule has 0 amide bonds. The Bertz CT molecular complexity index is 464. The van der Waals surface area contributed by atoms with Gasteiger partial charge in [-0.2, -0.15) is 5.10 Å². The average Bonchev–Trinajstić information content (AvgIpc) is 2.85. The van der Waals surface area contributed by atoms with Crippen molar-refractivity contribution in [3.63, 3.8) is 0 Å². The first kappa shape index (κ1) is 12.8. The zero-order chi connectivity index (χ0) is 12.8. The second kappa shape index (κ2) is 6.31. The standard InChI is InChI=1S/C14H20N4/c1-3-8-18-11-13(10-17-18)9-16-12(2)14-4-6-15-7-5-14/h4-7,10-12,16H,3,8-9H2,1-2H3/t12-/m1/s1. The van der Waals surface area contributed by atoms with Gasteiger partial charge in [-0.05, 0) is 31.0 Å². The van der Waals surface area contributed by atoms with Gasteiger partial charge in [-0.15, -0.1) is 0 Å². The molecular weight excluding hydrogens is 224 g/mol. The van der Waals surface area contributed by atoms with Gasteiger partial charge in [-0.3, -0.25) is 9.67 Å². The van der Waals surface area contributed by atoms with Crippen LogP contribution in [-0.2, 0) is 13.1 Å². The molecule has 0 aromatic carbocycles. The van der Waals surface area contributed by atoms with Crippen LogP contribution in [0.4, 0.5) is 0 Å². The van der Waals surface area contributed by atoms with Crippen molar-refractivity contribution in [3.05, 3.63) is 48.0 Å². The van der Waals surface area contributed by atoms with E-state index in [4.69, 9.17) is 0 Å². The smallest absolute Gasteiger partial charge is 0.0534 e. The molecule has 18 heavy (non-hydrogen) atoms. The molecule has 1 atom stereocenters. The number of aryl methyl sites for hydroxylation is 1. The molecule has 0 radical (unpaired) electrons. The van der Waals surface area contributed by atoms with Crippen molar-refractivity contribution in [2.45, 2.75) is 39.4 Å². The summed E-state index contributed by atoms with van der Waals surface area (Å²) in [6.45, 7) is 6.14. The Labute approximate surface area is 108 Å². The van der Waals surface area contributed by atoms with Crippen molar-refractivity contribution in [3.8, 4) is 0 Å². The lowest BCUT2D eigenvalue weighted by Crippen LogP contribution is -2.17. The molecule has 0 unspecified atom stereocenters. The third-order valence-corrected chi connectivity index (χ3v) is 2.96. The van der Waals surface area contributed by atoms with Gasteiger partial charge in [0, 0.05) is 43.3 Å². The van der Waals surface area contributed by atoms with Crippen molar-refractivity contribution in [1.82, 2.24) is 20.1 Å². The summed E-state index contributed by atoms with van der Waals surface area (Å²) in [4.78, 5) is 4.03. The van der Waals surface area contributed by atoms with Gasteiger partial charge in [-0.1, -0.05) is 6.92 Å². The number of aromatic nitrogens is 3. The van der Waals surface area contributed by atoms with Gasteiger partial charge in [0.2, 0.25) is 0 Å². The first-order chi connectivity index (χ1) is 8.79. The molecule has 1 N–H and O–H groups in total. The zero-order valence-corrected chi connectivity index (χ0v) is 11.0. The first-order valence-electron chi connectivity index (χ1n) is 6.44. The Morgan fingerprint density at radius 1 is 1.33 bits per heavy atom. The van der Waals surface area contributed by atoms with E-state index in [0.29, 0.717) is 6.04 Å². The van der Waals surface area contributed by atoms with Gasteiger partial charge >= 0.3 is 0 Å². The predicted molar refractivity (Wildman–Crippen MR) is 72.0 cm³/mol. The van der Waals surface area contributed by atoms with Crippen LogP contribution >= 0.6 is 0 Å². The highest BCUT2D eigenvalue weighted by Gasteiger charge is 2.05. The fourth-order valence-electron chi connectivity index (χ4n) is 1.89. The lowest BCUT2D eigenvalue weighted by atomic mass is 10.1. The monoisotopic (exact) mass is 244 g/mol. The highest BCUT2D eigenvalue weighted by atomic mass is 15.3. The summed E-state index contributed by atoms with van der Waals surface area (Å²) in [6.07, 6.45) is 8.80. The van der Waals surface area contributed by atoms with Crippen molar-refractivity contribution in [1.29, 1.82) is 0 Å². The van der Waals surface area contributed by atoms with E-state index in [9.17, 15) is 0 Å². The Balaban J connectivity index is 1.87. The van der Waals surface area contributed by atoms with Crippen molar-refractivity contribution in [2.75, 3.05) is 0 Å². The third-order valence-electron chi connectivity index (χ3n) is 2.96. The fourth-order valence-corrected chi connectivity index (χ4v) is 1.89. The van der Waals surface area contributed by atoms with Gasteiger partial charge < -0.3 is 5.32 Å². The van der Waals surface area contributed by atoms with Gasteiger partial charge in [0.15, 0.2) is 0 Å². The number of nitrogens with one attached hydrogen (secondary N) is 1. The normalized spacial score (nSPS) is 12.6. The molecule has 4 nitrogen and oxygen atoms in total. The number of nitrogens with zero attached hydrogens (tertiary/aromatic N) is 3. The molecule has 0 aliphatic heterocycles. The summed E-state index contributed by atoms with van der Waals surface area (Å²) >= 11 is 0.